The predicted octanol–water partition coefficient (Wildman–Crippen LogP) is 3.78. The number of sulfonamides is 1. The first kappa shape index (κ1) is 23.3. The zero-order chi connectivity index (χ0) is 23.6. The topological polar surface area (TPSA) is 94.4 Å². The van der Waals surface area contributed by atoms with Crippen LogP contribution in [0.2, 0.25) is 0 Å². The van der Waals surface area contributed by atoms with Crippen LogP contribution in [0.1, 0.15) is 30.0 Å². The van der Waals surface area contributed by atoms with Crippen LogP contribution in [0.4, 0.5) is 16.2 Å². The molecule has 0 aromatic heterocycles. The Hall–Kier alpha value is -2.85. The van der Waals surface area contributed by atoms with Crippen molar-refractivity contribution in [2.24, 2.45) is 10.1 Å². The Morgan fingerprint density at radius 2 is 1.97 bits per heavy atom. The molecule has 174 valence electrons. The summed E-state index contributed by atoms with van der Waals surface area (Å²) in [4.78, 5) is 18.8. The molecule has 0 atom stereocenters. The minimum Gasteiger partial charge on any atom is -0.326 e. The van der Waals surface area contributed by atoms with E-state index in [0.29, 0.717) is 18.0 Å². The van der Waals surface area contributed by atoms with E-state index in [9.17, 15) is 13.2 Å². The van der Waals surface area contributed by atoms with Crippen LogP contribution >= 0.6 is 11.8 Å². The highest BCUT2D eigenvalue weighted by atomic mass is 32.2. The van der Waals surface area contributed by atoms with Gasteiger partial charge in [-0.15, -0.1) is 0 Å². The summed E-state index contributed by atoms with van der Waals surface area (Å²) in [6.45, 7) is 3.49. The van der Waals surface area contributed by atoms with Crippen LogP contribution in [0.5, 0.6) is 0 Å². The lowest BCUT2D eigenvalue weighted by Gasteiger charge is -2.33. The number of amidine groups is 1. The summed E-state index contributed by atoms with van der Waals surface area (Å²) in [7, 11) is -1.65. The lowest BCUT2D eigenvalue weighted by atomic mass is 9.97. The third-order valence-electron chi connectivity index (χ3n) is 5.41. The third kappa shape index (κ3) is 5.39. The van der Waals surface area contributed by atoms with E-state index in [1.54, 1.807) is 19.2 Å². The molecule has 0 saturated carbocycles. The molecular weight excluding hydrogens is 458 g/mol. The largest absolute Gasteiger partial charge is 0.326 e. The van der Waals surface area contributed by atoms with Crippen molar-refractivity contribution < 1.29 is 13.2 Å². The molecule has 10 heteroatoms. The zero-order valence-corrected chi connectivity index (χ0v) is 20.5. The Morgan fingerprint density at radius 1 is 1.21 bits per heavy atom. The van der Waals surface area contributed by atoms with Gasteiger partial charge >= 0.3 is 5.24 Å². The molecule has 2 heterocycles. The molecule has 0 bridgehead atoms. The second-order valence-electron chi connectivity index (χ2n) is 7.97. The molecule has 4 rings (SSSR count). The summed E-state index contributed by atoms with van der Waals surface area (Å²) in [5.74, 6) is 1.44. The smallest absolute Gasteiger partial charge is 0.301 e. The average molecular weight is 486 g/mol. The van der Waals surface area contributed by atoms with Crippen LogP contribution in [-0.2, 0) is 16.4 Å². The van der Waals surface area contributed by atoms with Gasteiger partial charge in [-0.2, -0.15) is 5.10 Å². The van der Waals surface area contributed by atoms with Gasteiger partial charge in [0.1, 0.15) is 5.84 Å². The summed E-state index contributed by atoms with van der Waals surface area (Å²) in [6, 6.07) is 13.6. The van der Waals surface area contributed by atoms with Gasteiger partial charge in [-0.05, 0) is 67.3 Å². The zero-order valence-electron chi connectivity index (χ0n) is 18.9. The van der Waals surface area contributed by atoms with Crippen molar-refractivity contribution >= 4 is 49.9 Å². The SMILES string of the molecule is CC/N=C(/c1ccc(NS(C)(=O)=O)cc1)N1CCCc2cc(C3=NN(C)C(=O)SC3)ccc21. The quantitative estimate of drug-likeness (QED) is 0.514. The summed E-state index contributed by atoms with van der Waals surface area (Å²) >= 11 is 1.26. The van der Waals surface area contributed by atoms with Crippen LogP contribution < -0.4 is 9.62 Å². The van der Waals surface area contributed by atoms with Gasteiger partial charge in [0.15, 0.2) is 0 Å². The molecular formula is C23H27N5O3S2. The summed E-state index contributed by atoms with van der Waals surface area (Å²) in [5.41, 5.74) is 5.73. The summed E-state index contributed by atoms with van der Waals surface area (Å²) in [5, 5.41) is 5.79. The van der Waals surface area contributed by atoms with Crippen molar-refractivity contribution in [3.63, 3.8) is 0 Å². The molecule has 2 aromatic carbocycles. The minimum atomic E-state index is -3.32. The lowest BCUT2D eigenvalue weighted by molar-refractivity contribution is 0.235. The van der Waals surface area contributed by atoms with E-state index in [-0.39, 0.29) is 5.24 Å². The average Bonchev–Trinajstić information content (AvgIpc) is 2.78. The Kier molecular flexibility index (Phi) is 6.76. The fourth-order valence-electron chi connectivity index (χ4n) is 4.00. The maximum Gasteiger partial charge on any atom is 0.301 e. The Bertz CT molecular complexity index is 1220. The van der Waals surface area contributed by atoms with E-state index in [4.69, 9.17) is 4.99 Å². The van der Waals surface area contributed by atoms with Gasteiger partial charge in [-0.3, -0.25) is 14.5 Å². The number of hydrogen-bond donors (Lipinski definition) is 1. The van der Waals surface area contributed by atoms with E-state index in [2.05, 4.69) is 32.9 Å². The van der Waals surface area contributed by atoms with Gasteiger partial charge in [0, 0.05) is 42.8 Å². The van der Waals surface area contributed by atoms with Gasteiger partial charge in [0.2, 0.25) is 10.0 Å². The highest BCUT2D eigenvalue weighted by molar-refractivity contribution is 8.14. The summed E-state index contributed by atoms with van der Waals surface area (Å²) in [6.07, 6.45) is 3.09. The van der Waals surface area contributed by atoms with Gasteiger partial charge in [0.05, 0.1) is 12.0 Å². The second kappa shape index (κ2) is 9.56. The normalized spacial score (nSPS) is 17.0. The summed E-state index contributed by atoms with van der Waals surface area (Å²) < 4.78 is 25.5. The monoisotopic (exact) mass is 485 g/mol. The number of benzene rings is 2. The number of nitrogens with zero attached hydrogens (tertiary/aromatic N) is 4. The Morgan fingerprint density at radius 3 is 2.64 bits per heavy atom. The number of rotatable bonds is 5. The van der Waals surface area contributed by atoms with Crippen molar-refractivity contribution in [1.82, 2.24) is 5.01 Å². The molecule has 0 radical (unpaired) electrons. The number of aliphatic imine (C=N–C) groups is 1. The fourth-order valence-corrected chi connectivity index (χ4v) is 5.27. The van der Waals surface area contributed by atoms with Crippen LogP contribution in [-0.4, -0.2) is 62.4 Å². The minimum absolute atomic E-state index is 0.0407. The number of nitrogens with one attached hydrogen (secondary N) is 1. The number of amides is 1. The maximum atomic E-state index is 11.7. The molecule has 0 spiro atoms. The molecule has 0 saturated heterocycles. The van der Waals surface area contributed by atoms with Crippen LogP contribution in [0, 0.1) is 0 Å². The molecule has 0 aliphatic carbocycles. The van der Waals surface area contributed by atoms with E-state index in [1.165, 1.54) is 22.3 Å². The number of aryl methyl sites for hydroxylation is 1. The van der Waals surface area contributed by atoms with Gasteiger partial charge in [0.25, 0.3) is 0 Å². The molecule has 2 aliphatic rings. The maximum absolute atomic E-state index is 11.7. The van der Waals surface area contributed by atoms with Crippen LogP contribution in [0.15, 0.2) is 52.6 Å². The molecule has 1 N–H and O–H groups in total. The molecule has 33 heavy (non-hydrogen) atoms. The first-order valence-corrected chi connectivity index (χ1v) is 13.6. The number of anilines is 2. The molecule has 2 aromatic rings. The highest BCUT2D eigenvalue weighted by Gasteiger charge is 2.24. The number of fused-ring (bicyclic) bond motifs is 1. The number of hydrazone groups is 1. The van der Waals surface area contributed by atoms with E-state index >= 15 is 0 Å². The second-order valence-corrected chi connectivity index (χ2v) is 10.6. The molecule has 0 unspecified atom stereocenters. The predicted molar refractivity (Wildman–Crippen MR) is 136 cm³/mol. The van der Waals surface area contributed by atoms with Gasteiger partial charge < -0.3 is 4.90 Å². The fraction of sp³-hybridized carbons (Fsp3) is 0.348. The van der Waals surface area contributed by atoms with E-state index in [0.717, 1.165) is 54.0 Å². The third-order valence-corrected chi connectivity index (χ3v) is 6.94. The number of carbonyl (C=O) groups is 1. The Labute approximate surface area is 198 Å². The number of carbonyl (C=O) groups excluding carboxylic acids is 1. The van der Waals surface area contributed by atoms with Gasteiger partial charge in [-0.1, -0.05) is 17.8 Å². The molecule has 1 amide bonds. The lowest BCUT2D eigenvalue weighted by Crippen LogP contribution is -2.36. The number of hydrogen-bond acceptors (Lipinski definition) is 6. The van der Waals surface area contributed by atoms with E-state index in [1.807, 2.05) is 19.1 Å². The van der Waals surface area contributed by atoms with Crippen LogP contribution in [0.25, 0.3) is 0 Å². The Balaban J connectivity index is 1.65. The van der Waals surface area contributed by atoms with Crippen molar-refractivity contribution in [2.75, 3.05) is 41.8 Å². The number of thioether (sulfide) groups is 1. The molecule has 2 aliphatic heterocycles. The van der Waals surface area contributed by atoms with Crippen molar-refractivity contribution in [1.29, 1.82) is 0 Å². The van der Waals surface area contributed by atoms with Crippen molar-refractivity contribution in [2.45, 2.75) is 19.8 Å². The van der Waals surface area contributed by atoms with Gasteiger partial charge in [-0.25, -0.2) is 13.4 Å². The van der Waals surface area contributed by atoms with Crippen LogP contribution in [0.3, 0.4) is 0 Å². The molecule has 8 nitrogen and oxygen atoms in total. The molecule has 0 fully saturated rings. The highest BCUT2D eigenvalue weighted by Crippen LogP contribution is 2.31. The van der Waals surface area contributed by atoms with Crippen molar-refractivity contribution in [3.8, 4) is 0 Å². The standard InChI is InChI=1S/C23H27N5O3S2/c1-4-24-22(16-7-10-19(11-8-16)26-33(3,30)31)28-13-5-6-18-14-17(9-12-21(18)28)20-15-32-23(29)27(2)25-20/h7-12,14,26H,4-6,13,15H2,1-3H3/b24-22-. The first-order valence-electron chi connectivity index (χ1n) is 10.8. The van der Waals surface area contributed by atoms with Crippen molar-refractivity contribution in [3.05, 3.63) is 59.2 Å². The first-order chi connectivity index (χ1) is 15.7. The van der Waals surface area contributed by atoms with E-state index < -0.39 is 10.0 Å².